The highest BCUT2D eigenvalue weighted by Crippen LogP contribution is 2.12. The van der Waals surface area contributed by atoms with E-state index >= 15 is 0 Å². The Balaban J connectivity index is 2.32. The molecule has 0 aromatic rings. The monoisotopic (exact) mass is 241 g/mol. The Morgan fingerprint density at radius 3 is 2.18 bits per heavy atom. The number of likely N-dealkylation sites (N-methyl/N-ethyl adjacent to an activating group) is 1. The topological polar surface area (TPSA) is 18.5 Å². The Bertz CT molecular complexity index is 208. The number of rotatable bonds is 6. The molecule has 0 amide bonds. The molecule has 1 rings (SSSR count). The van der Waals surface area contributed by atoms with E-state index in [-0.39, 0.29) is 5.54 Å². The van der Waals surface area contributed by atoms with Crippen molar-refractivity contribution < 1.29 is 0 Å². The van der Waals surface area contributed by atoms with Gasteiger partial charge in [0, 0.05) is 44.3 Å². The van der Waals surface area contributed by atoms with Crippen LogP contribution in [0.2, 0.25) is 0 Å². The van der Waals surface area contributed by atoms with Gasteiger partial charge in [0.25, 0.3) is 0 Å². The minimum atomic E-state index is 0.243. The molecule has 1 heterocycles. The summed E-state index contributed by atoms with van der Waals surface area (Å²) in [6, 6.07) is 0.749. The van der Waals surface area contributed by atoms with E-state index in [1.54, 1.807) is 0 Å². The largest absolute Gasteiger partial charge is 0.311 e. The molecular formula is C14H31N3. The summed E-state index contributed by atoms with van der Waals surface area (Å²) >= 11 is 0. The molecule has 3 heteroatoms. The highest BCUT2D eigenvalue weighted by atomic mass is 15.3. The second-order valence-corrected chi connectivity index (χ2v) is 5.98. The van der Waals surface area contributed by atoms with Crippen LogP contribution in [-0.2, 0) is 0 Å². The van der Waals surface area contributed by atoms with Crippen LogP contribution in [0.25, 0.3) is 0 Å². The van der Waals surface area contributed by atoms with Crippen LogP contribution in [0.4, 0.5) is 0 Å². The highest BCUT2D eigenvalue weighted by Gasteiger charge is 2.25. The highest BCUT2D eigenvalue weighted by molar-refractivity contribution is 4.84. The lowest BCUT2D eigenvalue weighted by Crippen LogP contribution is -2.55. The van der Waals surface area contributed by atoms with E-state index in [1.807, 2.05) is 0 Å². The zero-order chi connectivity index (χ0) is 12.9. The van der Waals surface area contributed by atoms with Gasteiger partial charge in [0.1, 0.15) is 0 Å². The van der Waals surface area contributed by atoms with Gasteiger partial charge in [-0.1, -0.05) is 13.8 Å². The maximum absolute atomic E-state index is 3.56. The molecule has 1 aliphatic heterocycles. The van der Waals surface area contributed by atoms with E-state index in [9.17, 15) is 0 Å². The maximum atomic E-state index is 3.56. The van der Waals surface area contributed by atoms with Crippen LogP contribution in [-0.4, -0.2) is 60.6 Å². The lowest BCUT2D eigenvalue weighted by Gasteiger charge is -2.41. The molecule has 0 radical (unpaired) electrons. The van der Waals surface area contributed by atoms with Crippen LogP contribution in [0.15, 0.2) is 0 Å². The summed E-state index contributed by atoms with van der Waals surface area (Å²) in [7, 11) is 0. The SMILES string of the molecule is CCNC(C)(C)CN1CCN(C(C)CC)CC1. The Hall–Kier alpha value is -0.120. The van der Waals surface area contributed by atoms with Gasteiger partial charge >= 0.3 is 0 Å². The van der Waals surface area contributed by atoms with Crippen LogP contribution in [0.5, 0.6) is 0 Å². The number of hydrogen-bond donors (Lipinski definition) is 1. The van der Waals surface area contributed by atoms with Crippen molar-refractivity contribution in [2.24, 2.45) is 0 Å². The molecule has 1 aliphatic rings. The smallest absolute Gasteiger partial charge is 0.0252 e. The summed E-state index contributed by atoms with van der Waals surface area (Å²) in [6.45, 7) is 18.5. The molecule has 0 saturated carbocycles. The Morgan fingerprint density at radius 2 is 1.71 bits per heavy atom. The van der Waals surface area contributed by atoms with Gasteiger partial charge in [-0.25, -0.2) is 0 Å². The predicted molar refractivity (Wildman–Crippen MR) is 75.5 cm³/mol. The molecule has 102 valence electrons. The number of nitrogens with zero attached hydrogens (tertiary/aromatic N) is 2. The fraction of sp³-hybridized carbons (Fsp3) is 1.00. The van der Waals surface area contributed by atoms with Gasteiger partial charge in [-0.05, 0) is 33.7 Å². The molecule has 1 unspecified atom stereocenters. The lowest BCUT2D eigenvalue weighted by atomic mass is 10.0. The van der Waals surface area contributed by atoms with E-state index in [4.69, 9.17) is 0 Å². The van der Waals surface area contributed by atoms with Gasteiger partial charge in [-0.2, -0.15) is 0 Å². The number of nitrogens with one attached hydrogen (secondary N) is 1. The van der Waals surface area contributed by atoms with E-state index in [0.29, 0.717) is 0 Å². The molecular weight excluding hydrogens is 210 g/mol. The lowest BCUT2D eigenvalue weighted by molar-refractivity contribution is 0.0840. The Kier molecular flexibility index (Phi) is 5.90. The third-order valence-electron chi connectivity index (χ3n) is 3.90. The van der Waals surface area contributed by atoms with Crippen molar-refractivity contribution in [3.8, 4) is 0 Å². The minimum absolute atomic E-state index is 0.243. The second kappa shape index (κ2) is 6.72. The average molecular weight is 241 g/mol. The van der Waals surface area contributed by atoms with Crippen LogP contribution >= 0.6 is 0 Å². The molecule has 1 N–H and O–H groups in total. The van der Waals surface area contributed by atoms with Crippen LogP contribution in [0, 0.1) is 0 Å². The molecule has 1 atom stereocenters. The molecule has 1 fully saturated rings. The molecule has 1 saturated heterocycles. The predicted octanol–water partition coefficient (Wildman–Crippen LogP) is 1.79. The summed E-state index contributed by atoms with van der Waals surface area (Å²) in [5, 5.41) is 3.56. The van der Waals surface area contributed by atoms with Crippen LogP contribution in [0.3, 0.4) is 0 Å². The first-order chi connectivity index (χ1) is 7.98. The van der Waals surface area contributed by atoms with Gasteiger partial charge in [-0.15, -0.1) is 0 Å². The summed E-state index contributed by atoms with van der Waals surface area (Å²) in [5.41, 5.74) is 0.243. The van der Waals surface area contributed by atoms with Gasteiger partial charge < -0.3 is 5.32 Å². The molecule has 0 aliphatic carbocycles. The molecule has 0 spiro atoms. The summed E-state index contributed by atoms with van der Waals surface area (Å²) in [5.74, 6) is 0. The molecule has 17 heavy (non-hydrogen) atoms. The zero-order valence-corrected chi connectivity index (χ0v) is 12.4. The second-order valence-electron chi connectivity index (χ2n) is 5.98. The first-order valence-electron chi connectivity index (χ1n) is 7.20. The quantitative estimate of drug-likeness (QED) is 0.765. The van der Waals surface area contributed by atoms with Crippen molar-refractivity contribution in [3.63, 3.8) is 0 Å². The summed E-state index contributed by atoms with van der Waals surface area (Å²) in [6.07, 6.45) is 1.27. The minimum Gasteiger partial charge on any atom is -0.311 e. The van der Waals surface area contributed by atoms with Crippen molar-refractivity contribution in [1.82, 2.24) is 15.1 Å². The maximum Gasteiger partial charge on any atom is 0.0252 e. The summed E-state index contributed by atoms with van der Waals surface area (Å²) in [4.78, 5) is 5.22. The van der Waals surface area contributed by atoms with E-state index < -0.39 is 0 Å². The molecule has 0 bridgehead atoms. The van der Waals surface area contributed by atoms with Crippen LogP contribution < -0.4 is 5.32 Å². The van der Waals surface area contributed by atoms with Crippen molar-refractivity contribution in [1.29, 1.82) is 0 Å². The standard InChI is InChI=1S/C14H31N3/c1-6-13(3)17-10-8-16(9-11-17)12-14(4,5)15-7-2/h13,15H,6-12H2,1-5H3. The molecule has 0 aromatic heterocycles. The molecule has 3 nitrogen and oxygen atoms in total. The van der Waals surface area contributed by atoms with Crippen molar-refractivity contribution in [2.75, 3.05) is 39.3 Å². The number of hydrogen-bond acceptors (Lipinski definition) is 3. The summed E-state index contributed by atoms with van der Waals surface area (Å²) < 4.78 is 0. The Labute approximate surface area is 108 Å². The first-order valence-corrected chi connectivity index (χ1v) is 7.20. The van der Waals surface area contributed by atoms with Gasteiger partial charge in [0.05, 0.1) is 0 Å². The van der Waals surface area contributed by atoms with Gasteiger partial charge in [0.15, 0.2) is 0 Å². The van der Waals surface area contributed by atoms with Crippen molar-refractivity contribution in [2.45, 2.75) is 52.6 Å². The fourth-order valence-electron chi connectivity index (χ4n) is 2.71. The number of piperazine rings is 1. The van der Waals surface area contributed by atoms with E-state index in [0.717, 1.165) is 19.1 Å². The van der Waals surface area contributed by atoms with Crippen LogP contribution in [0.1, 0.15) is 41.0 Å². The Morgan fingerprint density at radius 1 is 1.12 bits per heavy atom. The molecule has 0 aromatic carbocycles. The van der Waals surface area contributed by atoms with E-state index in [1.165, 1.54) is 32.6 Å². The third-order valence-corrected chi connectivity index (χ3v) is 3.90. The van der Waals surface area contributed by atoms with Gasteiger partial charge in [0.2, 0.25) is 0 Å². The average Bonchev–Trinajstić information content (AvgIpc) is 2.28. The first kappa shape index (κ1) is 14.9. The van der Waals surface area contributed by atoms with Gasteiger partial charge in [-0.3, -0.25) is 9.80 Å². The third kappa shape index (κ3) is 4.94. The zero-order valence-electron chi connectivity index (χ0n) is 12.4. The fourth-order valence-corrected chi connectivity index (χ4v) is 2.71. The van der Waals surface area contributed by atoms with E-state index in [2.05, 4.69) is 49.7 Å². The normalized spacial score (nSPS) is 21.7. The van der Waals surface area contributed by atoms with Crippen molar-refractivity contribution >= 4 is 0 Å². The van der Waals surface area contributed by atoms with Crippen molar-refractivity contribution in [3.05, 3.63) is 0 Å².